The number of carbonyl (C=O) groups is 2. The van der Waals surface area contributed by atoms with Crippen molar-refractivity contribution in [3.8, 4) is 0 Å². The minimum atomic E-state index is -0.658. The van der Waals surface area contributed by atoms with Crippen LogP contribution in [0.25, 0.3) is 10.9 Å². The van der Waals surface area contributed by atoms with Crippen LogP contribution in [0, 0.1) is 13.8 Å². The van der Waals surface area contributed by atoms with Gasteiger partial charge in [-0.25, -0.2) is 9.78 Å². The van der Waals surface area contributed by atoms with Gasteiger partial charge in [0.05, 0.1) is 16.2 Å². The maximum absolute atomic E-state index is 12.8. The zero-order valence-corrected chi connectivity index (χ0v) is 18.5. The van der Waals surface area contributed by atoms with Gasteiger partial charge in [0.25, 0.3) is 5.56 Å². The molecule has 1 atom stereocenters. The van der Waals surface area contributed by atoms with Crippen molar-refractivity contribution in [1.82, 2.24) is 14.9 Å². The van der Waals surface area contributed by atoms with Crippen LogP contribution in [0.15, 0.2) is 65.1 Å². The molecule has 0 bridgehead atoms. The van der Waals surface area contributed by atoms with Crippen LogP contribution in [-0.2, 0) is 11.3 Å². The maximum Gasteiger partial charge on any atom is 0.325 e. The zero-order valence-electron chi connectivity index (χ0n) is 17.6. The van der Waals surface area contributed by atoms with E-state index in [9.17, 15) is 14.4 Å². The molecule has 160 valence electrons. The average Bonchev–Trinajstić information content (AvgIpc) is 2.73. The highest BCUT2D eigenvalue weighted by molar-refractivity contribution is 8.00. The molecule has 0 saturated carbocycles. The lowest BCUT2D eigenvalue weighted by atomic mass is 10.1. The summed E-state index contributed by atoms with van der Waals surface area (Å²) in [6.07, 6.45) is 1.60. The number of amides is 3. The molecule has 0 fully saturated rings. The van der Waals surface area contributed by atoms with Crippen LogP contribution in [0.4, 0.5) is 10.5 Å². The number of aryl methyl sites for hydroxylation is 2. The van der Waals surface area contributed by atoms with E-state index in [0.29, 0.717) is 21.7 Å². The van der Waals surface area contributed by atoms with E-state index in [1.54, 1.807) is 43.3 Å². The van der Waals surface area contributed by atoms with Crippen molar-refractivity contribution < 1.29 is 9.59 Å². The van der Waals surface area contributed by atoms with Crippen molar-refractivity contribution >= 4 is 40.3 Å². The van der Waals surface area contributed by atoms with Gasteiger partial charge in [0.2, 0.25) is 5.91 Å². The summed E-state index contributed by atoms with van der Waals surface area (Å²) in [7, 11) is 0. The Bertz CT molecular complexity index is 1220. The minimum absolute atomic E-state index is 0.201. The number of thioether (sulfide) groups is 1. The Morgan fingerprint density at radius 3 is 2.68 bits per heavy atom. The van der Waals surface area contributed by atoms with Crippen LogP contribution >= 0.6 is 11.8 Å². The number of fused-ring (bicyclic) bond motifs is 1. The smallest absolute Gasteiger partial charge is 0.307 e. The number of allylic oxidation sites excluding steroid dienone is 1. The van der Waals surface area contributed by atoms with E-state index in [1.165, 1.54) is 4.57 Å². The first-order valence-corrected chi connectivity index (χ1v) is 10.6. The molecule has 31 heavy (non-hydrogen) atoms. The van der Waals surface area contributed by atoms with Gasteiger partial charge in [0.15, 0.2) is 5.16 Å². The SMILES string of the molecule is C=CCn1c(S[C@@H](C)C(=O)NC(=O)Nc2ccc(C)cc2C)nc2ccccc2c1=O. The van der Waals surface area contributed by atoms with E-state index in [2.05, 4.69) is 22.2 Å². The van der Waals surface area contributed by atoms with E-state index >= 15 is 0 Å². The molecule has 2 N–H and O–H groups in total. The summed E-state index contributed by atoms with van der Waals surface area (Å²) in [6, 6.07) is 12.1. The van der Waals surface area contributed by atoms with Crippen molar-refractivity contribution in [3.05, 3.63) is 76.6 Å². The van der Waals surface area contributed by atoms with Gasteiger partial charge in [0.1, 0.15) is 0 Å². The molecule has 0 spiro atoms. The number of hydrogen-bond acceptors (Lipinski definition) is 5. The molecule has 0 aliphatic rings. The molecular weight excluding hydrogens is 412 g/mol. The first-order chi connectivity index (χ1) is 14.8. The summed E-state index contributed by atoms with van der Waals surface area (Å²) >= 11 is 1.11. The Labute approximate surface area is 184 Å². The Balaban J connectivity index is 1.75. The fourth-order valence-electron chi connectivity index (χ4n) is 3.06. The van der Waals surface area contributed by atoms with E-state index in [4.69, 9.17) is 0 Å². The summed E-state index contributed by atoms with van der Waals surface area (Å²) in [4.78, 5) is 42.2. The molecule has 1 aromatic heterocycles. The number of carbonyl (C=O) groups excluding carboxylic acids is 2. The van der Waals surface area contributed by atoms with E-state index in [0.717, 1.165) is 22.9 Å². The average molecular weight is 437 g/mol. The highest BCUT2D eigenvalue weighted by Crippen LogP contribution is 2.23. The highest BCUT2D eigenvalue weighted by atomic mass is 32.2. The molecule has 3 aromatic rings. The van der Waals surface area contributed by atoms with Crippen LogP contribution < -0.4 is 16.2 Å². The zero-order chi connectivity index (χ0) is 22.5. The largest absolute Gasteiger partial charge is 0.325 e. The number of benzene rings is 2. The fourth-order valence-corrected chi connectivity index (χ4v) is 3.98. The van der Waals surface area contributed by atoms with Crippen molar-refractivity contribution in [1.29, 1.82) is 0 Å². The first kappa shape index (κ1) is 22.3. The summed E-state index contributed by atoms with van der Waals surface area (Å²) in [5.74, 6) is -0.486. The van der Waals surface area contributed by atoms with Gasteiger partial charge in [-0.3, -0.25) is 19.5 Å². The number of rotatable bonds is 6. The third kappa shape index (κ3) is 5.21. The lowest BCUT2D eigenvalue weighted by molar-refractivity contribution is -0.119. The summed E-state index contributed by atoms with van der Waals surface area (Å²) < 4.78 is 1.47. The van der Waals surface area contributed by atoms with Gasteiger partial charge in [-0.1, -0.05) is 47.7 Å². The van der Waals surface area contributed by atoms with Crippen molar-refractivity contribution in [2.45, 2.75) is 37.7 Å². The lowest BCUT2D eigenvalue weighted by Gasteiger charge is -2.15. The Morgan fingerprint density at radius 1 is 1.23 bits per heavy atom. The van der Waals surface area contributed by atoms with Gasteiger partial charge in [-0.15, -0.1) is 6.58 Å². The molecule has 8 heteroatoms. The summed E-state index contributed by atoms with van der Waals surface area (Å²) in [6.45, 7) is 9.46. The van der Waals surface area contributed by atoms with Crippen molar-refractivity contribution in [2.75, 3.05) is 5.32 Å². The second kappa shape index (κ2) is 9.61. The highest BCUT2D eigenvalue weighted by Gasteiger charge is 2.21. The third-order valence-corrected chi connectivity index (χ3v) is 5.75. The van der Waals surface area contributed by atoms with Gasteiger partial charge >= 0.3 is 6.03 Å². The second-order valence-corrected chi connectivity index (χ2v) is 8.45. The molecule has 0 aliphatic carbocycles. The van der Waals surface area contributed by atoms with Gasteiger partial charge in [-0.05, 0) is 44.5 Å². The summed E-state index contributed by atoms with van der Waals surface area (Å²) in [5, 5.41) is 5.27. The topological polar surface area (TPSA) is 93.1 Å². The Hall–Kier alpha value is -3.39. The van der Waals surface area contributed by atoms with Gasteiger partial charge in [0, 0.05) is 12.2 Å². The molecule has 0 aliphatic heterocycles. The molecule has 7 nitrogen and oxygen atoms in total. The lowest BCUT2D eigenvalue weighted by Crippen LogP contribution is -2.39. The predicted octanol–water partition coefficient (Wildman–Crippen LogP) is 4.03. The number of hydrogen-bond donors (Lipinski definition) is 2. The second-order valence-electron chi connectivity index (χ2n) is 7.14. The van der Waals surface area contributed by atoms with E-state index in [-0.39, 0.29) is 12.1 Å². The number of urea groups is 1. The van der Waals surface area contributed by atoms with Crippen LogP contribution in [-0.4, -0.2) is 26.7 Å². The number of nitrogens with zero attached hydrogens (tertiary/aromatic N) is 2. The molecule has 3 rings (SSSR count). The molecule has 1 heterocycles. The van der Waals surface area contributed by atoms with Crippen LogP contribution in [0.3, 0.4) is 0 Å². The number of imide groups is 1. The normalized spacial score (nSPS) is 11.7. The molecular formula is C23H24N4O3S. The number of aromatic nitrogens is 2. The van der Waals surface area contributed by atoms with E-state index < -0.39 is 17.2 Å². The minimum Gasteiger partial charge on any atom is -0.307 e. The number of nitrogens with one attached hydrogen (secondary N) is 2. The van der Waals surface area contributed by atoms with E-state index in [1.807, 2.05) is 26.0 Å². The van der Waals surface area contributed by atoms with Crippen LogP contribution in [0.1, 0.15) is 18.1 Å². The molecule has 0 saturated heterocycles. The van der Waals surface area contributed by atoms with Gasteiger partial charge in [-0.2, -0.15) is 0 Å². The van der Waals surface area contributed by atoms with Gasteiger partial charge < -0.3 is 5.32 Å². The summed E-state index contributed by atoms with van der Waals surface area (Å²) in [5.41, 5.74) is 2.97. The molecule has 0 radical (unpaired) electrons. The van der Waals surface area contributed by atoms with Crippen LogP contribution in [0.2, 0.25) is 0 Å². The third-order valence-electron chi connectivity index (χ3n) is 4.66. The number of anilines is 1. The Morgan fingerprint density at radius 2 is 1.97 bits per heavy atom. The molecule has 0 unspecified atom stereocenters. The van der Waals surface area contributed by atoms with Crippen molar-refractivity contribution in [3.63, 3.8) is 0 Å². The van der Waals surface area contributed by atoms with Crippen molar-refractivity contribution in [2.24, 2.45) is 0 Å². The fraction of sp³-hybridized carbons (Fsp3) is 0.217. The number of para-hydroxylation sites is 1. The first-order valence-electron chi connectivity index (χ1n) is 9.76. The quantitative estimate of drug-likeness (QED) is 0.346. The predicted molar refractivity (Wildman–Crippen MR) is 125 cm³/mol. The molecule has 3 amide bonds. The monoisotopic (exact) mass is 436 g/mol. The Kier molecular flexibility index (Phi) is 6.91. The maximum atomic E-state index is 12.8. The van der Waals surface area contributed by atoms with Crippen LogP contribution in [0.5, 0.6) is 0 Å². The standard InChI is InChI=1S/C23H24N4O3S/c1-5-12-27-21(29)17-8-6-7-9-19(17)25-23(27)31-16(4)20(28)26-22(30)24-18-11-10-14(2)13-15(18)3/h5-11,13,16H,1,12H2,2-4H3,(H2,24,26,28,30)/t16-/m0/s1. The molecule has 2 aromatic carbocycles.